The molecule has 1 aliphatic rings. The van der Waals surface area contributed by atoms with Crippen LogP contribution in [0.2, 0.25) is 0 Å². The van der Waals surface area contributed by atoms with Gasteiger partial charge in [-0.15, -0.1) is 11.3 Å². The highest BCUT2D eigenvalue weighted by Gasteiger charge is 2.20. The van der Waals surface area contributed by atoms with E-state index in [0.29, 0.717) is 6.04 Å². The molecule has 1 aliphatic heterocycles. The molecule has 3 heterocycles. The number of rotatable bonds is 5. The maximum absolute atomic E-state index is 4.34. The molecule has 7 heteroatoms. The third-order valence-corrected chi connectivity index (χ3v) is 5.20. The lowest BCUT2D eigenvalue weighted by Crippen LogP contribution is -2.49. The average molecular weight is 347 g/mol. The largest absolute Gasteiger partial charge is 0.363 e. The topological polar surface area (TPSA) is 57.5 Å². The van der Waals surface area contributed by atoms with Crippen molar-refractivity contribution >= 4 is 22.3 Å². The number of nitrogens with zero attached hydrogens (tertiary/aromatic N) is 4. The van der Waals surface area contributed by atoms with Crippen molar-refractivity contribution in [3.8, 4) is 0 Å². The third-order valence-electron chi connectivity index (χ3n) is 4.27. The van der Waals surface area contributed by atoms with Gasteiger partial charge in [-0.3, -0.25) is 9.67 Å². The molecule has 0 aromatic carbocycles. The SMILES string of the molecule is CN=C(NCCn1cc(C)cn1)NC1CCN(c2cccs2)CC1. The van der Waals surface area contributed by atoms with Gasteiger partial charge >= 0.3 is 0 Å². The van der Waals surface area contributed by atoms with E-state index < -0.39 is 0 Å². The van der Waals surface area contributed by atoms with Gasteiger partial charge in [0.15, 0.2) is 5.96 Å². The highest BCUT2D eigenvalue weighted by molar-refractivity contribution is 7.14. The average Bonchev–Trinajstić information content (AvgIpc) is 3.26. The second-order valence-corrected chi connectivity index (χ2v) is 7.06. The molecule has 2 aromatic rings. The van der Waals surface area contributed by atoms with Gasteiger partial charge in [0.1, 0.15) is 0 Å². The van der Waals surface area contributed by atoms with Crippen molar-refractivity contribution in [3.63, 3.8) is 0 Å². The zero-order chi connectivity index (χ0) is 16.8. The summed E-state index contributed by atoms with van der Waals surface area (Å²) < 4.78 is 1.95. The lowest BCUT2D eigenvalue weighted by Gasteiger charge is -2.33. The van der Waals surface area contributed by atoms with Gasteiger partial charge in [-0.1, -0.05) is 0 Å². The summed E-state index contributed by atoms with van der Waals surface area (Å²) in [6, 6.07) is 4.81. The first kappa shape index (κ1) is 16.8. The molecular formula is C17H26N6S. The third kappa shape index (κ3) is 4.50. The van der Waals surface area contributed by atoms with Gasteiger partial charge in [0.05, 0.1) is 17.7 Å². The summed E-state index contributed by atoms with van der Waals surface area (Å²) in [5.74, 6) is 0.883. The lowest BCUT2D eigenvalue weighted by atomic mass is 10.1. The predicted octanol–water partition coefficient (Wildman–Crippen LogP) is 2.09. The quantitative estimate of drug-likeness (QED) is 0.643. The van der Waals surface area contributed by atoms with Crippen molar-refractivity contribution in [1.82, 2.24) is 20.4 Å². The van der Waals surface area contributed by atoms with E-state index >= 15 is 0 Å². The standard InChI is InChI=1S/C17H26N6S/c1-14-12-20-23(13-14)10-7-19-17(18-2)21-15-5-8-22(9-6-15)16-4-3-11-24-16/h3-4,11-13,15H,5-10H2,1-2H3,(H2,18,19,21). The maximum Gasteiger partial charge on any atom is 0.191 e. The first-order valence-corrected chi connectivity index (χ1v) is 9.37. The van der Waals surface area contributed by atoms with Crippen LogP contribution in [0.15, 0.2) is 34.9 Å². The van der Waals surface area contributed by atoms with Gasteiger partial charge in [-0.2, -0.15) is 5.10 Å². The zero-order valence-electron chi connectivity index (χ0n) is 14.4. The minimum absolute atomic E-state index is 0.486. The van der Waals surface area contributed by atoms with Crippen LogP contribution in [-0.2, 0) is 6.54 Å². The summed E-state index contributed by atoms with van der Waals surface area (Å²) in [6.07, 6.45) is 6.21. The van der Waals surface area contributed by atoms with Crippen molar-refractivity contribution in [2.75, 3.05) is 31.6 Å². The molecule has 2 aromatic heterocycles. The molecule has 0 radical (unpaired) electrons. The van der Waals surface area contributed by atoms with Crippen LogP contribution in [0.5, 0.6) is 0 Å². The van der Waals surface area contributed by atoms with Gasteiger partial charge < -0.3 is 15.5 Å². The van der Waals surface area contributed by atoms with E-state index in [1.165, 1.54) is 10.6 Å². The van der Waals surface area contributed by atoms with E-state index in [-0.39, 0.29) is 0 Å². The van der Waals surface area contributed by atoms with E-state index in [1.54, 1.807) is 0 Å². The van der Waals surface area contributed by atoms with E-state index in [2.05, 4.69) is 56.3 Å². The monoisotopic (exact) mass is 346 g/mol. The van der Waals surface area contributed by atoms with Crippen LogP contribution < -0.4 is 15.5 Å². The molecule has 1 fully saturated rings. The second kappa shape index (κ2) is 8.19. The summed E-state index contributed by atoms with van der Waals surface area (Å²) in [7, 11) is 1.83. The van der Waals surface area contributed by atoms with Gasteiger partial charge in [0.2, 0.25) is 0 Å². The molecule has 0 saturated carbocycles. The van der Waals surface area contributed by atoms with Crippen LogP contribution >= 0.6 is 11.3 Å². The number of piperidine rings is 1. The lowest BCUT2D eigenvalue weighted by molar-refractivity contribution is 0.461. The highest BCUT2D eigenvalue weighted by Crippen LogP contribution is 2.24. The molecule has 0 unspecified atom stereocenters. The number of anilines is 1. The number of aromatic nitrogens is 2. The first-order valence-electron chi connectivity index (χ1n) is 8.49. The molecule has 0 bridgehead atoms. The van der Waals surface area contributed by atoms with Gasteiger partial charge in [0.25, 0.3) is 0 Å². The van der Waals surface area contributed by atoms with Crippen LogP contribution in [0.25, 0.3) is 0 Å². The Kier molecular flexibility index (Phi) is 5.74. The van der Waals surface area contributed by atoms with Gasteiger partial charge in [-0.05, 0) is 42.8 Å². The fourth-order valence-corrected chi connectivity index (χ4v) is 3.75. The number of aryl methyl sites for hydroxylation is 1. The Labute approximate surface area is 147 Å². The molecule has 0 spiro atoms. The van der Waals surface area contributed by atoms with Crippen molar-refractivity contribution in [1.29, 1.82) is 0 Å². The second-order valence-electron chi connectivity index (χ2n) is 6.14. The normalized spacial score (nSPS) is 16.4. The smallest absolute Gasteiger partial charge is 0.191 e. The van der Waals surface area contributed by atoms with E-state index in [0.717, 1.165) is 45.0 Å². The number of aliphatic imine (C=N–C) groups is 1. The van der Waals surface area contributed by atoms with Gasteiger partial charge in [0, 0.05) is 38.9 Å². The Morgan fingerprint density at radius 2 is 2.25 bits per heavy atom. The summed E-state index contributed by atoms with van der Waals surface area (Å²) in [5.41, 5.74) is 1.19. The minimum Gasteiger partial charge on any atom is -0.363 e. The van der Waals surface area contributed by atoms with E-state index in [1.807, 2.05) is 29.3 Å². The Morgan fingerprint density at radius 3 is 2.88 bits per heavy atom. The van der Waals surface area contributed by atoms with Crippen LogP contribution in [-0.4, -0.2) is 48.5 Å². The van der Waals surface area contributed by atoms with Crippen LogP contribution in [0.4, 0.5) is 5.00 Å². The molecule has 0 atom stereocenters. The molecule has 0 amide bonds. The molecule has 24 heavy (non-hydrogen) atoms. The van der Waals surface area contributed by atoms with Crippen LogP contribution in [0.3, 0.4) is 0 Å². The van der Waals surface area contributed by atoms with Crippen molar-refractivity contribution < 1.29 is 0 Å². The molecular weight excluding hydrogens is 320 g/mol. The fourth-order valence-electron chi connectivity index (χ4n) is 2.96. The van der Waals surface area contributed by atoms with Gasteiger partial charge in [-0.25, -0.2) is 0 Å². The maximum atomic E-state index is 4.34. The fraction of sp³-hybridized carbons (Fsp3) is 0.529. The van der Waals surface area contributed by atoms with E-state index in [4.69, 9.17) is 0 Å². The number of guanidine groups is 1. The summed E-state index contributed by atoms with van der Waals surface area (Å²) in [5, 5.41) is 14.8. The Bertz CT molecular complexity index is 640. The molecule has 2 N–H and O–H groups in total. The van der Waals surface area contributed by atoms with Crippen molar-refractivity contribution in [3.05, 3.63) is 35.5 Å². The minimum atomic E-state index is 0.486. The van der Waals surface area contributed by atoms with Crippen LogP contribution in [0, 0.1) is 6.92 Å². The number of hydrogen-bond donors (Lipinski definition) is 2. The summed E-state index contributed by atoms with van der Waals surface area (Å²) in [4.78, 5) is 6.81. The number of nitrogens with one attached hydrogen (secondary N) is 2. The number of hydrogen-bond acceptors (Lipinski definition) is 4. The van der Waals surface area contributed by atoms with Crippen LogP contribution in [0.1, 0.15) is 18.4 Å². The molecule has 130 valence electrons. The first-order chi connectivity index (χ1) is 11.7. The Hall–Kier alpha value is -2.02. The summed E-state index contributed by atoms with van der Waals surface area (Å²) in [6.45, 7) is 5.91. The molecule has 1 saturated heterocycles. The Balaban J connectivity index is 1.39. The van der Waals surface area contributed by atoms with E-state index in [9.17, 15) is 0 Å². The highest BCUT2D eigenvalue weighted by atomic mass is 32.1. The number of thiophene rings is 1. The predicted molar refractivity (Wildman–Crippen MR) is 101 cm³/mol. The Morgan fingerprint density at radius 1 is 1.42 bits per heavy atom. The molecule has 3 rings (SSSR count). The summed E-state index contributed by atoms with van der Waals surface area (Å²) >= 11 is 1.82. The molecule has 6 nitrogen and oxygen atoms in total. The zero-order valence-corrected chi connectivity index (χ0v) is 15.2. The molecule has 0 aliphatic carbocycles. The van der Waals surface area contributed by atoms with Crippen molar-refractivity contribution in [2.24, 2.45) is 4.99 Å². The van der Waals surface area contributed by atoms with Crippen molar-refractivity contribution in [2.45, 2.75) is 32.4 Å².